The molecule has 1 N–H and O–H groups in total. The quantitative estimate of drug-likeness (QED) is 0.607. The third kappa shape index (κ3) is 3.75. The van der Waals surface area contributed by atoms with Gasteiger partial charge in [-0.2, -0.15) is 15.0 Å². The van der Waals surface area contributed by atoms with Crippen LogP contribution in [0.2, 0.25) is 0 Å². The minimum atomic E-state index is -3.87. The molecule has 0 aliphatic heterocycles. The predicted molar refractivity (Wildman–Crippen MR) is 96.2 cm³/mol. The van der Waals surface area contributed by atoms with E-state index in [2.05, 4.69) is 19.7 Å². The van der Waals surface area contributed by atoms with Crippen LogP contribution in [-0.4, -0.2) is 49.1 Å². The number of nitrogens with zero attached hydrogens (tertiary/aromatic N) is 5. The monoisotopic (exact) mass is 394 g/mol. The van der Waals surface area contributed by atoms with Crippen molar-refractivity contribution in [3.05, 3.63) is 34.6 Å². The van der Waals surface area contributed by atoms with Crippen molar-refractivity contribution in [2.24, 2.45) is 7.05 Å². The Bertz CT molecular complexity index is 1150. The molecule has 0 saturated carbocycles. The summed E-state index contributed by atoms with van der Waals surface area (Å²) in [4.78, 5) is 25.5. The lowest BCUT2D eigenvalue weighted by Gasteiger charge is -2.12. The number of hydrogen-bond acceptors (Lipinski definition) is 9. The summed E-state index contributed by atoms with van der Waals surface area (Å²) in [5, 5.41) is 0. The summed E-state index contributed by atoms with van der Waals surface area (Å²) in [6, 6.07) is 4.23. The summed E-state index contributed by atoms with van der Waals surface area (Å²) in [6.07, 6.45) is 0. The highest BCUT2D eigenvalue weighted by Gasteiger charge is 2.18. The highest BCUT2D eigenvalue weighted by Crippen LogP contribution is 2.18. The molecule has 0 bridgehead atoms. The molecule has 11 nitrogen and oxygen atoms in total. The first-order chi connectivity index (χ1) is 12.7. The number of nitrogens with one attached hydrogen (secondary N) is 1. The van der Waals surface area contributed by atoms with Gasteiger partial charge in [0.05, 0.1) is 24.1 Å². The molecule has 12 heteroatoms. The minimum absolute atomic E-state index is 0.0137. The van der Waals surface area contributed by atoms with Gasteiger partial charge < -0.3 is 14.1 Å². The van der Waals surface area contributed by atoms with Gasteiger partial charge >= 0.3 is 11.8 Å². The molecule has 0 aliphatic carbocycles. The maximum atomic E-state index is 12.6. The molecule has 0 saturated heterocycles. The Hall–Kier alpha value is -2.99. The molecule has 0 unspecified atom stereocenters. The number of rotatable bonds is 6. The molecule has 2 heterocycles. The van der Waals surface area contributed by atoms with Crippen molar-refractivity contribution in [1.29, 1.82) is 0 Å². The molecule has 0 fully saturated rings. The third-order valence-electron chi connectivity index (χ3n) is 3.73. The van der Waals surface area contributed by atoms with E-state index < -0.39 is 15.8 Å². The number of ether oxygens (including phenoxy) is 1. The van der Waals surface area contributed by atoms with Gasteiger partial charge in [-0.3, -0.25) is 4.57 Å². The first-order valence-corrected chi connectivity index (χ1v) is 9.25. The smallest absolute Gasteiger partial charge is 0.419 e. The second-order valence-electron chi connectivity index (χ2n) is 5.81. The van der Waals surface area contributed by atoms with E-state index in [-0.39, 0.29) is 23.3 Å². The Morgan fingerprint density at radius 1 is 1.26 bits per heavy atom. The normalized spacial score (nSPS) is 11.7. The van der Waals surface area contributed by atoms with Gasteiger partial charge in [0, 0.05) is 21.1 Å². The fourth-order valence-electron chi connectivity index (χ4n) is 2.27. The summed E-state index contributed by atoms with van der Waals surface area (Å²) in [7, 11) is 2.52. The Morgan fingerprint density at radius 3 is 2.67 bits per heavy atom. The topological polar surface area (TPSA) is 132 Å². The Kier molecular flexibility index (Phi) is 4.85. The number of fused-ring (bicyclic) bond motifs is 1. The van der Waals surface area contributed by atoms with Crippen LogP contribution in [0, 0.1) is 0 Å². The van der Waals surface area contributed by atoms with Crippen molar-refractivity contribution in [3.63, 3.8) is 0 Å². The summed E-state index contributed by atoms with van der Waals surface area (Å²) >= 11 is 0. The van der Waals surface area contributed by atoms with Crippen LogP contribution in [0.15, 0.2) is 32.3 Å². The van der Waals surface area contributed by atoms with Crippen LogP contribution in [0.25, 0.3) is 11.1 Å². The van der Waals surface area contributed by atoms with Gasteiger partial charge in [-0.25, -0.2) is 17.9 Å². The fraction of sp³-hybridized carbons (Fsp3) is 0.333. The van der Waals surface area contributed by atoms with Gasteiger partial charge in [0.2, 0.25) is 16.0 Å². The Morgan fingerprint density at radius 2 is 2.00 bits per heavy atom. The van der Waals surface area contributed by atoms with E-state index in [0.29, 0.717) is 17.0 Å². The van der Waals surface area contributed by atoms with E-state index in [1.165, 1.54) is 36.9 Å². The second kappa shape index (κ2) is 6.96. The average Bonchev–Trinajstić information content (AvgIpc) is 2.93. The molecule has 1 aromatic carbocycles. The van der Waals surface area contributed by atoms with Crippen molar-refractivity contribution < 1.29 is 17.6 Å². The molecule has 0 aliphatic rings. The number of aromatic nitrogens is 4. The molecular formula is C15H18N6O5S. The molecule has 0 radical (unpaired) electrons. The largest absolute Gasteiger partial charge is 0.467 e. The molecule has 144 valence electrons. The number of methoxy groups -OCH3 is 1. The Labute approximate surface area is 154 Å². The summed E-state index contributed by atoms with van der Waals surface area (Å²) < 4.78 is 38.9. The van der Waals surface area contributed by atoms with Gasteiger partial charge in [0.25, 0.3) is 0 Å². The van der Waals surface area contributed by atoms with Gasteiger partial charge in [0.1, 0.15) is 0 Å². The number of benzene rings is 1. The molecule has 0 atom stereocenters. The summed E-state index contributed by atoms with van der Waals surface area (Å²) in [5.41, 5.74) is 0.680. The molecule has 0 amide bonds. The summed E-state index contributed by atoms with van der Waals surface area (Å²) in [5.74, 6) is -0.0298. The first-order valence-electron chi connectivity index (χ1n) is 7.77. The van der Waals surface area contributed by atoms with Gasteiger partial charge in [-0.05, 0) is 18.2 Å². The van der Waals surface area contributed by atoms with E-state index in [0.717, 1.165) is 0 Å². The lowest BCUT2D eigenvalue weighted by Crippen LogP contribution is -2.25. The zero-order valence-corrected chi connectivity index (χ0v) is 15.9. The number of aryl methyl sites for hydroxylation is 1. The van der Waals surface area contributed by atoms with E-state index in [9.17, 15) is 13.2 Å². The zero-order chi connectivity index (χ0) is 19.8. The first kappa shape index (κ1) is 18.8. The zero-order valence-electron chi connectivity index (χ0n) is 15.1. The summed E-state index contributed by atoms with van der Waals surface area (Å²) in [6.45, 7) is -0.162. The number of hydrogen-bond donors (Lipinski definition) is 1. The molecule has 3 rings (SSSR count). The fourth-order valence-corrected chi connectivity index (χ4v) is 3.27. The van der Waals surface area contributed by atoms with E-state index >= 15 is 0 Å². The predicted octanol–water partition coefficient (Wildman–Crippen LogP) is -0.130. The van der Waals surface area contributed by atoms with Crippen molar-refractivity contribution >= 4 is 27.1 Å². The average molecular weight is 394 g/mol. The van der Waals surface area contributed by atoms with Crippen LogP contribution < -0.4 is 20.1 Å². The number of anilines is 1. The van der Waals surface area contributed by atoms with Crippen LogP contribution in [-0.2, 0) is 23.6 Å². The lowest BCUT2D eigenvalue weighted by atomic mass is 10.3. The van der Waals surface area contributed by atoms with Crippen molar-refractivity contribution in [2.75, 3.05) is 26.1 Å². The number of sulfonamides is 1. The van der Waals surface area contributed by atoms with Gasteiger partial charge in [0.15, 0.2) is 11.4 Å². The second-order valence-corrected chi connectivity index (χ2v) is 7.58. The van der Waals surface area contributed by atoms with E-state index in [4.69, 9.17) is 9.15 Å². The molecule has 3 aromatic rings. The molecule has 2 aromatic heterocycles. The van der Waals surface area contributed by atoms with Crippen LogP contribution in [0.3, 0.4) is 0 Å². The maximum Gasteiger partial charge on any atom is 0.419 e. The standard InChI is InChI=1S/C15H18N6O5S/c1-20(2)13-17-12(18-14(19-13)25-4)8-16-27(23,24)9-5-6-11-10(7-9)21(3)15(22)26-11/h5-7,16H,8H2,1-4H3. The molecule has 0 spiro atoms. The van der Waals surface area contributed by atoms with Crippen molar-refractivity contribution in [3.8, 4) is 6.01 Å². The Balaban J connectivity index is 1.88. The van der Waals surface area contributed by atoms with Gasteiger partial charge in [-0.1, -0.05) is 0 Å². The minimum Gasteiger partial charge on any atom is -0.467 e. The molecule has 27 heavy (non-hydrogen) atoms. The van der Waals surface area contributed by atoms with Crippen molar-refractivity contribution in [1.82, 2.24) is 24.2 Å². The van der Waals surface area contributed by atoms with Crippen LogP contribution >= 0.6 is 0 Å². The van der Waals surface area contributed by atoms with Crippen molar-refractivity contribution in [2.45, 2.75) is 11.4 Å². The number of oxazole rings is 1. The van der Waals surface area contributed by atoms with Crippen LogP contribution in [0.5, 0.6) is 6.01 Å². The van der Waals surface area contributed by atoms with E-state index in [1.54, 1.807) is 19.0 Å². The molecular weight excluding hydrogens is 376 g/mol. The highest BCUT2D eigenvalue weighted by atomic mass is 32.2. The van der Waals surface area contributed by atoms with Crippen LogP contribution in [0.4, 0.5) is 5.95 Å². The third-order valence-corrected chi connectivity index (χ3v) is 5.12. The SMILES string of the molecule is COc1nc(CNS(=O)(=O)c2ccc3oc(=O)n(C)c3c2)nc(N(C)C)n1. The maximum absolute atomic E-state index is 12.6. The van der Waals surface area contributed by atoms with Gasteiger partial charge in [-0.15, -0.1) is 0 Å². The van der Waals surface area contributed by atoms with E-state index in [1.807, 2.05) is 0 Å². The highest BCUT2D eigenvalue weighted by molar-refractivity contribution is 7.89. The lowest BCUT2D eigenvalue weighted by molar-refractivity contribution is 0.375. The van der Waals surface area contributed by atoms with Crippen LogP contribution in [0.1, 0.15) is 5.82 Å².